The largest absolute Gasteiger partial charge is 0.508 e. The molecule has 0 spiro atoms. The van der Waals surface area contributed by atoms with Gasteiger partial charge in [0.15, 0.2) is 0 Å². The van der Waals surface area contributed by atoms with Crippen LogP contribution in [0.3, 0.4) is 0 Å². The maximum Gasteiger partial charge on any atom is 0.460 e. The summed E-state index contributed by atoms with van der Waals surface area (Å²) < 4.78 is 168. The van der Waals surface area contributed by atoms with Gasteiger partial charge in [-0.05, 0) is 121 Å². The third-order valence-electron chi connectivity index (χ3n) is 6.62. The Morgan fingerprint density at radius 2 is 0.759 bits per heavy atom. The number of rotatable bonds is 15. The number of hydrogen-bond donors (Lipinski definition) is 3. The molecule has 0 heterocycles. The van der Waals surface area contributed by atoms with Gasteiger partial charge in [-0.1, -0.05) is 0 Å². The van der Waals surface area contributed by atoms with Crippen molar-refractivity contribution in [3.63, 3.8) is 0 Å². The monoisotopic (exact) mass is 806 g/mol. The Morgan fingerprint density at radius 1 is 0.463 bits per heavy atom. The fourth-order valence-electron chi connectivity index (χ4n) is 4.08. The van der Waals surface area contributed by atoms with Crippen LogP contribution in [0.15, 0.2) is 120 Å². The van der Waals surface area contributed by atoms with Crippen molar-refractivity contribution < 1.29 is 82.0 Å². The molecule has 3 N–H and O–H groups in total. The van der Waals surface area contributed by atoms with Crippen molar-refractivity contribution in [2.45, 2.75) is 27.6 Å². The Kier molecular flexibility index (Phi) is 11.1. The van der Waals surface area contributed by atoms with Crippen LogP contribution in [0.2, 0.25) is 0 Å². The highest BCUT2D eigenvalue weighted by atomic mass is 32.2. The van der Waals surface area contributed by atoms with Gasteiger partial charge in [0, 0.05) is 11.0 Å². The highest BCUT2D eigenvalue weighted by Crippen LogP contribution is 2.53. The number of phenolic OH excluding ortho intramolecular Hbond substituents is 2. The lowest BCUT2D eigenvalue weighted by Crippen LogP contribution is -2.55. The second-order valence-corrected chi connectivity index (χ2v) is 13.4. The van der Waals surface area contributed by atoms with Crippen LogP contribution in [0, 0.1) is 0 Å². The van der Waals surface area contributed by atoms with Gasteiger partial charge in [-0.3, -0.25) is 4.55 Å². The van der Waals surface area contributed by atoms with Crippen LogP contribution in [0.1, 0.15) is 0 Å². The van der Waals surface area contributed by atoms with Crippen LogP contribution in [-0.2, 0) is 14.9 Å². The molecule has 0 saturated heterocycles. The minimum Gasteiger partial charge on any atom is -0.508 e. The first-order valence-corrected chi connectivity index (χ1v) is 16.9. The topological polar surface area (TPSA) is 141 Å². The lowest BCUT2D eigenvalue weighted by atomic mass is 10.3. The first kappa shape index (κ1) is 39.8. The number of phenols is 2. The van der Waals surface area contributed by atoms with Gasteiger partial charge >= 0.3 is 32.8 Å². The highest BCUT2D eigenvalue weighted by molar-refractivity contribution is 8.00. The van der Waals surface area contributed by atoms with E-state index in [2.05, 4.69) is 4.74 Å². The first-order chi connectivity index (χ1) is 25.1. The molecular weight excluding hydrogens is 784 g/mol. The van der Waals surface area contributed by atoms with E-state index in [1.807, 2.05) is 0 Å². The molecule has 0 aliphatic heterocycles. The Hall–Kier alpha value is -5.44. The minimum absolute atomic E-state index is 0.00266. The summed E-state index contributed by atoms with van der Waals surface area (Å²) in [6.07, 6.45) is -13.3. The van der Waals surface area contributed by atoms with Crippen LogP contribution in [0.4, 0.5) is 35.1 Å². The average molecular weight is 807 g/mol. The normalized spacial score (nSPS) is 12.6. The van der Waals surface area contributed by atoms with Crippen molar-refractivity contribution in [2.75, 3.05) is 0 Å². The maximum atomic E-state index is 14.9. The Labute approximate surface area is 303 Å². The SMILES string of the molecule is O=S(=O)(O)C(F)(F)C(F)(F)OC(F)(F)C(F)(F)Sc1cc(Oc2ccc(Oc3ccc(O)cc3)cc2)cc(Oc2ccc(Oc3ccc(O)cc3)cc2)c1. The fraction of sp³-hybridized carbons (Fsp3) is 0.118. The Bertz CT molecular complexity index is 2060. The number of alkyl halides is 8. The number of ether oxygens (including phenoxy) is 5. The van der Waals surface area contributed by atoms with Crippen LogP contribution >= 0.6 is 11.8 Å². The zero-order chi connectivity index (χ0) is 39.5. The van der Waals surface area contributed by atoms with E-state index >= 15 is 0 Å². The smallest absolute Gasteiger partial charge is 0.460 e. The third kappa shape index (κ3) is 9.56. The molecule has 286 valence electrons. The molecule has 0 fully saturated rings. The van der Waals surface area contributed by atoms with Crippen LogP contribution in [-0.4, -0.2) is 45.9 Å². The van der Waals surface area contributed by atoms with Crippen molar-refractivity contribution in [2.24, 2.45) is 0 Å². The summed E-state index contributed by atoms with van der Waals surface area (Å²) in [5, 5.41) is 6.31. The summed E-state index contributed by atoms with van der Waals surface area (Å²) in [6, 6.07) is 25.2. The molecule has 0 radical (unpaired) electrons. The van der Waals surface area contributed by atoms with Gasteiger partial charge in [0.25, 0.3) is 0 Å². The van der Waals surface area contributed by atoms with Crippen molar-refractivity contribution >= 4 is 21.9 Å². The van der Waals surface area contributed by atoms with Crippen LogP contribution in [0.5, 0.6) is 57.5 Å². The number of thioether (sulfide) groups is 1. The quantitative estimate of drug-likeness (QED) is 0.0529. The van der Waals surface area contributed by atoms with Crippen molar-refractivity contribution in [3.05, 3.63) is 115 Å². The van der Waals surface area contributed by atoms with Crippen molar-refractivity contribution in [3.8, 4) is 57.5 Å². The summed E-state index contributed by atoms with van der Waals surface area (Å²) in [7, 11) is -7.11. The van der Waals surface area contributed by atoms with E-state index < -0.39 is 49.5 Å². The highest BCUT2D eigenvalue weighted by Gasteiger charge is 2.74. The van der Waals surface area contributed by atoms with Crippen molar-refractivity contribution in [1.82, 2.24) is 0 Å². The molecule has 0 saturated carbocycles. The van der Waals surface area contributed by atoms with Gasteiger partial charge in [0.05, 0.1) is 0 Å². The summed E-state index contributed by atoms with van der Waals surface area (Å²) in [5.41, 5.74) is 0. The van der Waals surface area contributed by atoms with E-state index in [1.165, 1.54) is 97.1 Å². The maximum absolute atomic E-state index is 14.9. The lowest BCUT2D eigenvalue weighted by Gasteiger charge is -2.31. The fourth-order valence-corrected chi connectivity index (χ4v) is 5.23. The van der Waals surface area contributed by atoms with Gasteiger partial charge < -0.3 is 29.2 Å². The molecule has 0 bridgehead atoms. The van der Waals surface area contributed by atoms with Gasteiger partial charge in [-0.25, -0.2) is 4.74 Å². The van der Waals surface area contributed by atoms with Crippen LogP contribution < -0.4 is 18.9 Å². The predicted octanol–water partition coefficient (Wildman–Crippen LogP) is 10.6. The molecule has 0 amide bonds. The molecule has 5 rings (SSSR count). The molecule has 5 aromatic rings. The zero-order valence-electron chi connectivity index (χ0n) is 26.5. The predicted molar refractivity (Wildman–Crippen MR) is 174 cm³/mol. The molecule has 0 aromatic heterocycles. The summed E-state index contributed by atoms with van der Waals surface area (Å²) in [4.78, 5) is -0.875. The minimum atomic E-state index is -7.11. The van der Waals surface area contributed by atoms with Crippen molar-refractivity contribution in [1.29, 1.82) is 0 Å². The van der Waals surface area contributed by atoms with E-state index in [-0.39, 0.29) is 46.0 Å². The molecule has 0 atom stereocenters. The molecule has 0 aliphatic rings. The lowest BCUT2D eigenvalue weighted by molar-refractivity contribution is -0.441. The first-order valence-electron chi connectivity index (χ1n) is 14.6. The van der Waals surface area contributed by atoms with Gasteiger partial charge in [0.1, 0.15) is 57.5 Å². The molecular formula is C34H22F8O10S2. The zero-order valence-corrected chi connectivity index (χ0v) is 28.1. The Balaban J connectivity index is 1.40. The van der Waals surface area contributed by atoms with E-state index in [4.69, 9.17) is 23.5 Å². The second kappa shape index (κ2) is 15.1. The molecule has 0 unspecified atom stereocenters. The molecule has 5 aromatic carbocycles. The van der Waals surface area contributed by atoms with E-state index in [0.717, 1.165) is 18.2 Å². The van der Waals surface area contributed by atoms with Gasteiger partial charge in [-0.15, -0.1) is 0 Å². The number of halogens is 8. The molecule has 54 heavy (non-hydrogen) atoms. The van der Waals surface area contributed by atoms with Crippen LogP contribution in [0.25, 0.3) is 0 Å². The summed E-state index contributed by atoms with van der Waals surface area (Å²) in [6.45, 7) is 0. The molecule has 0 aliphatic carbocycles. The average Bonchev–Trinajstić information content (AvgIpc) is 3.07. The molecule has 20 heteroatoms. The number of aromatic hydroxyl groups is 2. The van der Waals surface area contributed by atoms with Gasteiger partial charge in [-0.2, -0.15) is 43.5 Å². The van der Waals surface area contributed by atoms with E-state index in [1.54, 1.807) is 0 Å². The summed E-state index contributed by atoms with van der Waals surface area (Å²) >= 11 is -1.16. The van der Waals surface area contributed by atoms with E-state index in [9.17, 15) is 53.8 Å². The Morgan fingerprint density at radius 3 is 1.07 bits per heavy atom. The molecule has 10 nitrogen and oxygen atoms in total. The van der Waals surface area contributed by atoms with Gasteiger partial charge in [0.2, 0.25) is 0 Å². The number of hydrogen-bond acceptors (Lipinski definition) is 10. The van der Waals surface area contributed by atoms with E-state index in [0.29, 0.717) is 11.5 Å². The standard InChI is InChI=1S/C34H22F8O10S2/c35-31(36,52-32(37,38)34(41,42)54(45,46)47)33(39,40)53-30-18-28(50-26-13-9-24(10-14-26)48-22-5-1-20(43)2-6-22)17-29(19-30)51-27-15-11-25(12-16-27)49-23-7-3-21(44)4-8-23/h1-19,43-44H,(H,45,46,47). The third-order valence-corrected chi connectivity index (χ3v) is 8.47. The number of benzene rings is 5. The summed E-state index contributed by atoms with van der Waals surface area (Å²) in [5.74, 6) is 0.650. The second-order valence-electron chi connectivity index (χ2n) is 10.7.